The first-order valence-corrected chi connectivity index (χ1v) is 8.12. The van der Waals surface area contributed by atoms with E-state index in [1.165, 1.54) is 11.8 Å². The highest BCUT2D eigenvalue weighted by Crippen LogP contribution is 2.22. The lowest BCUT2D eigenvalue weighted by atomic mass is 10.3. The maximum Gasteiger partial charge on any atom is 0.235 e. The van der Waals surface area contributed by atoms with Gasteiger partial charge in [0.05, 0.1) is 19.0 Å². The van der Waals surface area contributed by atoms with Gasteiger partial charge in [-0.2, -0.15) is 0 Å². The summed E-state index contributed by atoms with van der Waals surface area (Å²) in [6.07, 6.45) is 0.0315. The van der Waals surface area contributed by atoms with E-state index < -0.39 is 0 Å². The van der Waals surface area contributed by atoms with Crippen molar-refractivity contribution in [1.29, 1.82) is 0 Å². The van der Waals surface area contributed by atoms with Crippen LogP contribution < -0.4 is 14.8 Å². The Balaban J connectivity index is 1.84. The van der Waals surface area contributed by atoms with Gasteiger partial charge < -0.3 is 14.8 Å². The number of methoxy groups -OCH3 is 1. The number of hydrogen-bond acceptors (Lipinski definition) is 6. The topological polar surface area (TPSA) is 73.3 Å². The van der Waals surface area contributed by atoms with Crippen LogP contribution in [0.2, 0.25) is 0 Å². The van der Waals surface area contributed by atoms with Crippen molar-refractivity contribution >= 4 is 23.5 Å². The van der Waals surface area contributed by atoms with Crippen LogP contribution in [0.3, 0.4) is 0 Å². The second-order valence-corrected chi connectivity index (χ2v) is 5.99. The van der Waals surface area contributed by atoms with Gasteiger partial charge in [-0.3, -0.25) is 4.79 Å². The van der Waals surface area contributed by atoms with Crippen molar-refractivity contribution in [3.8, 4) is 11.6 Å². The number of carbonyl (C=O) groups is 1. The van der Waals surface area contributed by atoms with Gasteiger partial charge in [0.25, 0.3) is 0 Å². The van der Waals surface area contributed by atoms with Gasteiger partial charge in [0.15, 0.2) is 5.82 Å². The average Bonchev–Trinajstić information content (AvgIpc) is 2.54. The molecule has 2 rings (SSSR count). The van der Waals surface area contributed by atoms with Gasteiger partial charge in [0, 0.05) is 11.0 Å². The number of benzene rings is 1. The Hall–Kier alpha value is -2.28. The van der Waals surface area contributed by atoms with Crippen molar-refractivity contribution in [1.82, 2.24) is 10.2 Å². The number of hydrogen-bond donors (Lipinski definition) is 1. The molecular formula is C16H19N3O3S. The Bertz CT molecular complexity index is 647. The maximum atomic E-state index is 11.9. The Labute approximate surface area is 139 Å². The largest absolute Gasteiger partial charge is 0.497 e. The molecule has 0 fully saturated rings. The first-order chi connectivity index (χ1) is 11.1. The lowest BCUT2D eigenvalue weighted by Crippen LogP contribution is -2.15. The Morgan fingerprint density at radius 1 is 1.26 bits per heavy atom. The molecule has 0 spiro atoms. The van der Waals surface area contributed by atoms with Crippen molar-refractivity contribution in [3.05, 3.63) is 36.4 Å². The van der Waals surface area contributed by atoms with Crippen molar-refractivity contribution < 1.29 is 14.3 Å². The number of ether oxygens (including phenoxy) is 2. The number of thioether (sulfide) groups is 1. The molecule has 1 aromatic carbocycles. The summed E-state index contributed by atoms with van der Waals surface area (Å²) in [5.41, 5.74) is 0. The van der Waals surface area contributed by atoms with Gasteiger partial charge >= 0.3 is 0 Å². The molecule has 2 aromatic rings. The molecule has 0 saturated carbocycles. The molecule has 6 nitrogen and oxygen atoms in total. The number of nitrogens with zero attached hydrogens (tertiary/aromatic N) is 2. The summed E-state index contributed by atoms with van der Waals surface area (Å²) in [5, 5.41) is 10.5. The molecule has 0 aliphatic heterocycles. The molecule has 1 heterocycles. The fraction of sp³-hybridized carbons (Fsp3) is 0.312. The Kier molecular flexibility index (Phi) is 6.22. The highest BCUT2D eigenvalue weighted by atomic mass is 32.2. The molecule has 0 saturated heterocycles. The van der Waals surface area contributed by atoms with E-state index in [0.29, 0.717) is 11.7 Å². The number of carbonyl (C=O) groups excluding carboxylic acids is 1. The fourth-order valence-corrected chi connectivity index (χ4v) is 2.45. The SMILES string of the molecule is COc1cccc(SCC(=O)Nc2ccc(OC(C)C)nn2)c1. The lowest BCUT2D eigenvalue weighted by Gasteiger charge is -2.08. The van der Waals surface area contributed by atoms with Crippen LogP contribution in [-0.4, -0.2) is 35.1 Å². The molecule has 1 aromatic heterocycles. The van der Waals surface area contributed by atoms with Gasteiger partial charge in [0.1, 0.15) is 5.75 Å². The standard InChI is InChI=1S/C16H19N3O3S/c1-11(2)22-16-8-7-14(18-19-16)17-15(20)10-23-13-6-4-5-12(9-13)21-3/h4-9,11H,10H2,1-3H3,(H,17,18,20). The minimum absolute atomic E-state index is 0.0315. The summed E-state index contributed by atoms with van der Waals surface area (Å²) in [6, 6.07) is 10.9. The molecular weight excluding hydrogens is 314 g/mol. The average molecular weight is 333 g/mol. The van der Waals surface area contributed by atoms with Crippen LogP contribution in [-0.2, 0) is 4.79 Å². The third kappa shape index (κ3) is 5.78. The fourth-order valence-electron chi connectivity index (χ4n) is 1.71. The first kappa shape index (κ1) is 17.1. The zero-order chi connectivity index (χ0) is 16.7. The monoisotopic (exact) mass is 333 g/mol. The zero-order valence-electron chi connectivity index (χ0n) is 13.3. The molecule has 0 atom stereocenters. The number of amides is 1. The maximum absolute atomic E-state index is 11.9. The van der Waals surface area contributed by atoms with Crippen LogP contribution in [0, 0.1) is 0 Å². The van der Waals surface area contributed by atoms with E-state index in [1.54, 1.807) is 19.2 Å². The summed E-state index contributed by atoms with van der Waals surface area (Å²) in [5.74, 6) is 1.73. The highest BCUT2D eigenvalue weighted by molar-refractivity contribution is 8.00. The Morgan fingerprint density at radius 3 is 2.74 bits per heavy atom. The number of rotatable bonds is 7. The third-order valence-corrected chi connectivity index (χ3v) is 3.67. The van der Waals surface area contributed by atoms with E-state index in [2.05, 4.69) is 15.5 Å². The molecule has 0 aliphatic rings. The first-order valence-electron chi connectivity index (χ1n) is 7.14. The predicted molar refractivity (Wildman–Crippen MR) is 90.1 cm³/mol. The summed E-state index contributed by atoms with van der Waals surface area (Å²) in [6.45, 7) is 3.82. The molecule has 7 heteroatoms. The molecule has 0 radical (unpaired) electrons. The lowest BCUT2D eigenvalue weighted by molar-refractivity contribution is -0.113. The van der Waals surface area contributed by atoms with E-state index in [-0.39, 0.29) is 17.8 Å². The van der Waals surface area contributed by atoms with Gasteiger partial charge in [-0.1, -0.05) is 6.07 Å². The van der Waals surface area contributed by atoms with Crippen LogP contribution >= 0.6 is 11.8 Å². The second-order valence-electron chi connectivity index (χ2n) is 4.94. The number of nitrogens with one attached hydrogen (secondary N) is 1. The number of anilines is 1. The van der Waals surface area contributed by atoms with Gasteiger partial charge in [-0.25, -0.2) is 0 Å². The van der Waals surface area contributed by atoms with Crippen LogP contribution in [0.5, 0.6) is 11.6 Å². The van der Waals surface area contributed by atoms with E-state index in [4.69, 9.17) is 9.47 Å². The zero-order valence-corrected chi connectivity index (χ0v) is 14.1. The third-order valence-electron chi connectivity index (χ3n) is 2.68. The van der Waals surface area contributed by atoms with Gasteiger partial charge in [-0.15, -0.1) is 22.0 Å². The molecule has 1 N–H and O–H groups in total. The van der Waals surface area contributed by atoms with E-state index in [9.17, 15) is 4.79 Å². The summed E-state index contributed by atoms with van der Waals surface area (Å²) < 4.78 is 10.6. The molecule has 0 bridgehead atoms. The molecule has 122 valence electrons. The quantitative estimate of drug-likeness (QED) is 0.785. The van der Waals surface area contributed by atoms with Crippen molar-refractivity contribution in [2.24, 2.45) is 0 Å². The highest BCUT2D eigenvalue weighted by Gasteiger charge is 2.07. The van der Waals surface area contributed by atoms with Gasteiger partial charge in [0.2, 0.25) is 11.8 Å². The summed E-state index contributed by atoms with van der Waals surface area (Å²) >= 11 is 1.42. The summed E-state index contributed by atoms with van der Waals surface area (Å²) in [7, 11) is 1.61. The van der Waals surface area contributed by atoms with Crippen LogP contribution in [0.15, 0.2) is 41.3 Å². The minimum Gasteiger partial charge on any atom is -0.497 e. The molecule has 1 amide bonds. The van der Waals surface area contributed by atoms with E-state index in [0.717, 1.165) is 10.6 Å². The normalized spacial score (nSPS) is 10.4. The van der Waals surface area contributed by atoms with Crippen LogP contribution in [0.1, 0.15) is 13.8 Å². The molecule has 23 heavy (non-hydrogen) atoms. The number of aromatic nitrogens is 2. The minimum atomic E-state index is -0.148. The van der Waals surface area contributed by atoms with Crippen molar-refractivity contribution in [3.63, 3.8) is 0 Å². The van der Waals surface area contributed by atoms with E-state index in [1.807, 2.05) is 38.1 Å². The predicted octanol–water partition coefficient (Wildman–Crippen LogP) is 3.00. The van der Waals surface area contributed by atoms with Gasteiger partial charge in [-0.05, 0) is 38.1 Å². The molecule has 0 unspecified atom stereocenters. The Morgan fingerprint density at radius 2 is 2.09 bits per heavy atom. The smallest absolute Gasteiger partial charge is 0.235 e. The van der Waals surface area contributed by atoms with E-state index >= 15 is 0 Å². The van der Waals surface area contributed by atoms with Crippen LogP contribution in [0.25, 0.3) is 0 Å². The second kappa shape index (κ2) is 8.38. The van der Waals surface area contributed by atoms with Crippen molar-refractivity contribution in [2.75, 3.05) is 18.2 Å². The molecule has 0 aliphatic carbocycles. The summed E-state index contributed by atoms with van der Waals surface area (Å²) in [4.78, 5) is 12.9. The van der Waals surface area contributed by atoms with Crippen LogP contribution in [0.4, 0.5) is 5.82 Å². The van der Waals surface area contributed by atoms with Crippen molar-refractivity contribution in [2.45, 2.75) is 24.8 Å².